The maximum Gasteiger partial charge on any atom is 0.267 e. The van der Waals surface area contributed by atoms with Gasteiger partial charge in [-0.15, -0.1) is 22.7 Å². The zero-order chi connectivity index (χ0) is 23.0. The molecule has 0 saturated heterocycles. The second-order valence-corrected chi connectivity index (χ2v) is 10.9. The highest BCUT2D eigenvalue weighted by Gasteiger charge is 2.19. The van der Waals surface area contributed by atoms with Gasteiger partial charge < -0.3 is 4.90 Å². The van der Waals surface area contributed by atoms with Crippen molar-refractivity contribution < 1.29 is 4.79 Å². The van der Waals surface area contributed by atoms with Gasteiger partial charge in [-0.2, -0.15) is 0 Å². The van der Waals surface area contributed by atoms with Crippen molar-refractivity contribution in [1.29, 1.82) is 0 Å². The van der Waals surface area contributed by atoms with E-state index in [1.165, 1.54) is 23.1 Å². The van der Waals surface area contributed by atoms with E-state index in [-0.39, 0.29) is 11.5 Å². The highest BCUT2D eigenvalue weighted by atomic mass is 32.2. The van der Waals surface area contributed by atoms with Crippen LogP contribution in [0.4, 0.5) is 0 Å². The molecule has 3 heterocycles. The second kappa shape index (κ2) is 9.17. The minimum Gasteiger partial charge on any atom is -0.348 e. The number of carbonyl (C=O) groups is 1. The first-order valence-electron chi connectivity index (χ1n) is 10.1. The van der Waals surface area contributed by atoms with Gasteiger partial charge in [0, 0.05) is 30.1 Å². The van der Waals surface area contributed by atoms with Crippen LogP contribution in [0, 0.1) is 20.8 Å². The minimum absolute atomic E-state index is 0.0301. The predicted molar refractivity (Wildman–Crippen MR) is 134 cm³/mol. The van der Waals surface area contributed by atoms with Crippen molar-refractivity contribution in [3.63, 3.8) is 0 Å². The van der Waals surface area contributed by atoms with Crippen molar-refractivity contribution in [3.05, 3.63) is 66.7 Å². The number of rotatable bonds is 6. The first-order valence-corrected chi connectivity index (χ1v) is 12.8. The van der Waals surface area contributed by atoms with Gasteiger partial charge in [-0.3, -0.25) is 14.2 Å². The van der Waals surface area contributed by atoms with Crippen LogP contribution in [0.5, 0.6) is 0 Å². The van der Waals surface area contributed by atoms with Crippen LogP contribution in [0.2, 0.25) is 0 Å². The van der Waals surface area contributed by atoms with Crippen LogP contribution in [-0.4, -0.2) is 39.4 Å². The average molecular weight is 485 g/mol. The number of likely N-dealkylation sites (N-methyl/N-ethyl adjacent to an activating group) is 1. The summed E-state index contributed by atoms with van der Waals surface area (Å²) in [5.74, 6) is 0.599. The standard InChI is InChI=1S/C23H24N4O2S3/c1-13-8-6-7-9-17(13)27-22(29)20-14(2)15(3)32-21(20)25-23(27)31-12-16-11-30-18(24-16)10-19(28)26(4)5/h6-9,11H,10,12H2,1-5H3. The van der Waals surface area contributed by atoms with Gasteiger partial charge in [-0.25, -0.2) is 9.97 Å². The largest absolute Gasteiger partial charge is 0.348 e. The molecule has 0 bridgehead atoms. The van der Waals surface area contributed by atoms with E-state index in [9.17, 15) is 9.59 Å². The topological polar surface area (TPSA) is 68.1 Å². The van der Waals surface area contributed by atoms with Gasteiger partial charge in [-0.1, -0.05) is 30.0 Å². The van der Waals surface area contributed by atoms with Crippen LogP contribution < -0.4 is 5.56 Å². The first-order chi connectivity index (χ1) is 15.3. The third-order valence-corrected chi connectivity index (χ3v) is 8.25. The van der Waals surface area contributed by atoms with Crippen LogP contribution in [0.3, 0.4) is 0 Å². The summed E-state index contributed by atoms with van der Waals surface area (Å²) in [6, 6.07) is 7.86. The van der Waals surface area contributed by atoms with Gasteiger partial charge in [0.2, 0.25) is 5.91 Å². The number of thiazole rings is 1. The summed E-state index contributed by atoms with van der Waals surface area (Å²) in [5.41, 5.74) is 3.69. The molecule has 3 aromatic heterocycles. The molecule has 4 rings (SSSR count). The monoisotopic (exact) mass is 484 g/mol. The number of carbonyl (C=O) groups excluding carboxylic acids is 1. The van der Waals surface area contributed by atoms with Gasteiger partial charge >= 0.3 is 0 Å². The zero-order valence-electron chi connectivity index (χ0n) is 18.6. The highest BCUT2D eigenvalue weighted by molar-refractivity contribution is 7.98. The number of benzene rings is 1. The fourth-order valence-electron chi connectivity index (χ4n) is 3.32. The molecule has 0 unspecified atom stereocenters. The lowest BCUT2D eigenvalue weighted by molar-refractivity contribution is -0.127. The Morgan fingerprint density at radius 2 is 1.91 bits per heavy atom. The molecule has 6 nitrogen and oxygen atoms in total. The molecule has 1 aromatic carbocycles. The lowest BCUT2D eigenvalue weighted by Crippen LogP contribution is -2.23. The number of hydrogen-bond acceptors (Lipinski definition) is 7. The Kier molecular flexibility index (Phi) is 6.50. The summed E-state index contributed by atoms with van der Waals surface area (Å²) in [7, 11) is 3.49. The number of para-hydroxylation sites is 1. The van der Waals surface area contributed by atoms with Crippen molar-refractivity contribution in [3.8, 4) is 5.69 Å². The third kappa shape index (κ3) is 4.37. The van der Waals surface area contributed by atoms with E-state index in [0.717, 1.165) is 37.2 Å². The molecule has 166 valence electrons. The van der Waals surface area contributed by atoms with Gasteiger partial charge in [0.25, 0.3) is 5.56 Å². The van der Waals surface area contributed by atoms with Crippen LogP contribution in [0.25, 0.3) is 15.9 Å². The Balaban J connectivity index is 1.72. The fourth-order valence-corrected chi connectivity index (χ4v) is 6.18. The highest BCUT2D eigenvalue weighted by Crippen LogP contribution is 2.31. The summed E-state index contributed by atoms with van der Waals surface area (Å²) in [5, 5.41) is 4.11. The Labute approximate surface area is 199 Å². The molecule has 0 radical (unpaired) electrons. The molecule has 32 heavy (non-hydrogen) atoms. The zero-order valence-corrected chi connectivity index (χ0v) is 21.1. The maximum atomic E-state index is 13.6. The van der Waals surface area contributed by atoms with Gasteiger partial charge in [-0.05, 0) is 38.0 Å². The molecule has 0 saturated carbocycles. The maximum absolute atomic E-state index is 13.6. The van der Waals surface area contributed by atoms with Crippen LogP contribution in [-0.2, 0) is 17.0 Å². The Hall–Kier alpha value is -2.49. The molecule has 0 N–H and O–H groups in total. The first kappa shape index (κ1) is 22.7. The third-order valence-electron chi connectivity index (χ3n) is 5.28. The van der Waals surface area contributed by atoms with Gasteiger partial charge in [0.1, 0.15) is 9.84 Å². The Morgan fingerprint density at radius 1 is 1.16 bits per heavy atom. The van der Waals surface area contributed by atoms with Crippen molar-refractivity contribution in [2.75, 3.05) is 14.1 Å². The molecule has 9 heteroatoms. The molecule has 0 aliphatic heterocycles. The number of fused-ring (bicyclic) bond motifs is 1. The summed E-state index contributed by atoms with van der Waals surface area (Å²) in [6.07, 6.45) is 0.300. The van der Waals surface area contributed by atoms with E-state index in [1.54, 1.807) is 34.9 Å². The summed E-state index contributed by atoms with van der Waals surface area (Å²) in [4.78, 5) is 38.5. The molecule has 0 aliphatic carbocycles. The average Bonchev–Trinajstić information content (AvgIpc) is 3.31. The van der Waals surface area contributed by atoms with E-state index < -0.39 is 0 Å². The van der Waals surface area contributed by atoms with Crippen molar-refractivity contribution in [2.24, 2.45) is 0 Å². The number of aryl methyl sites for hydroxylation is 3. The van der Waals surface area contributed by atoms with Crippen LogP contribution in [0.15, 0.2) is 39.6 Å². The van der Waals surface area contributed by atoms with Crippen LogP contribution in [0.1, 0.15) is 26.7 Å². The number of thioether (sulfide) groups is 1. The summed E-state index contributed by atoms with van der Waals surface area (Å²) < 4.78 is 1.73. The van der Waals surface area contributed by atoms with Crippen molar-refractivity contribution >= 4 is 50.6 Å². The van der Waals surface area contributed by atoms with E-state index in [1.807, 2.05) is 50.4 Å². The van der Waals surface area contributed by atoms with Gasteiger partial charge in [0.05, 0.1) is 23.2 Å². The van der Waals surface area contributed by atoms with E-state index >= 15 is 0 Å². The molecular weight excluding hydrogens is 460 g/mol. The lowest BCUT2D eigenvalue weighted by atomic mass is 10.2. The van der Waals surface area contributed by atoms with Gasteiger partial charge in [0.15, 0.2) is 5.16 Å². The number of thiophene rings is 1. The number of aromatic nitrogens is 3. The SMILES string of the molecule is Cc1ccccc1-n1c(SCc2csc(CC(=O)N(C)C)n2)nc2sc(C)c(C)c2c1=O. The summed E-state index contributed by atoms with van der Waals surface area (Å²) in [6.45, 7) is 6.01. The second-order valence-electron chi connectivity index (χ2n) is 7.77. The Bertz CT molecular complexity index is 1370. The quantitative estimate of drug-likeness (QED) is 0.292. The predicted octanol–water partition coefficient (Wildman–Crippen LogP) is 4.75. The van der Waals surface area contributed by atoms with Crippen molar-refractivity contribution in [2.45, 2.75) is 38.1 Å². The van der Waals surface area contributed by atoms with Crippen LogP contribution >= 0.6 is 34.4 Å². The Morgan fingerprint density at radius 3 is 2.62 bits per heavy atom. The van der Waals surface area contributed by atoms with E-state index in [2.05, 4.69) is 4.98 Å². The molecule has 4 aromatic rings. The normalized spacial score (nSPS) is 11.3. The molecule has 0 fully saturated rings. The minimum atomic E-state index is -0.0378. The number of hydrogen-bond donors (Lipinski definition) is 0. The lowest BCUT2D eigenvalue weighted by Gasteiger charge is -2.14. The number of amides is 1. The van der Waals surface area contributed by atoms with Crippen molar-refractivity contribution in [1.82, 2.24) is 19.4 Å². The molecule has 1 amide bonds. The smallest absolute Gasteiger partial charge is 0.267 e. The number of nitrogens with zero attached hydrogens (tertiary/aromatic N) is 4. The molecular formula is C23H24N4O2S3. The van der Waals surface area contributed by atoms with E-state index in [4.69, 9.17) is 4.98 Å². The summed E-state index contributed by atoms with van der Waals surface area (Å²) >= 11 is 4.54. The fraction of sp³-hybridized carbons (Fsp3) is 0.304. The molecule has 0 aliphatic rings. The molecule has 0 atom stereocenters. The van der Waals surface area contributed by atoms with E-state index in [0.29, 0.717) is 22.7 Å². The molecule has 0 spiro atoms.